The van der Waals surface area contributed by atoms with Crippen molar-refractivity contribution in [2.45, 2.75) is 6.54 Å². The maximum Gasteiger partial charge on any atom is 0.268 e. The molecule has 0 spiro atoms. The average molecular weight is 294 g/mol. The van der Waals surface area contributed by atoms with Gasteiger partial charge in [0, 0.05) is 13.1 Å². The van der Waals surface area contributed by atoms with Crippen LogP contribution >= 0.6 is 31.9 Å². The van der Waals surface area contributed by atoms with Crippen LogP contribution in [0.2, 0.25) is 0 Å². The number of carbonyl (C=O) groups excluding carboxylic acids is 1. The smallest absolute Gasteiger partial charge is 0.268 e. The summed E-state index contributed by atoms with van der Waals surface area (Å²) >= 11 is 6.76. The van der Waals surface area contributed by atoms with Crippen molar-refractivity contribution in [2.24, 2.45) is 0 Å². The standard InChI is InChI=1S/C7H6Br2N2O/c8-4-3-5-7(12)10-1-2-11(5)6(4)9/h3H,1-2H2,(H,10,12). The first-order chi connectivity index (χ1) is 5.70. The monoisotopic (exact) mass is 292 g/mol. The Bertz CT molecular complexity index is 345. The molecule has 0 saturated carbocycles. The molecule has 0 fully saturated rings. The van der Waals surface area contributed by atoms with Crippen LogP contribution in [0.25, 0.3) is 0 Å². The van der Waals surface area contributed by atoms with E-state index in [2.05, 4.69) is 37.2 Å². The molecule has 0 saturated heterocycles. The van der Waals surface area contributed by atoms with Gasteiger partial charge in [-0.05, 0) is 37.9 Å². The van der Waals surface area contributed by atoms with E-state index in [0.717, 1.165) is 15.6 Å². The van der Waals surface area contributed by atoms with E-state index in [9.17, 15) is 4.79 Å². The van der Waals surface area contributed by atoms with Crippen molar-refractivity contribution in [3.8, 4) is 0 Å². The Labute approximate surface area is 86.4 Å². The quantitative estimate of drug-likeness (QED) is 0.777. The van der Waals surface area contributed by atoms with E-state index < -0.39 is 0 Å². The summed E-state index contributed by atoms with van der Waals surface area (Å²) in [5.74, 6) is -0.00681. The van der Waals surface area contributed by atoms with Crippen LogP contribution in [0.3, 0.4) is 0 Å². The SMILES string of the molecule is O=C1NCCn2c1cc(Br)c2Br. The third-order valence-electron chi connectivity index (χ3n) is 1.84. The maximum atomic E-state index is 11.3. The minimum Gasteiger partial charge on any atom is -0.349 e. The molecule has 1 aliphatic heterocycles. The van der Waals surface area contributed by atoms with Gasteiger partial charge < -0.3 is 9.88 Å². The number of carbonyl (C=O) groups is 1. The number of hydrogen-bond donors (Lipinski definition) is 1. The van der Waals surface area contributed by atoms with Crippen LogP contribution in [0.15, 0.2) is 15.1 Å². The molecule has 0 bridgehead atoms. The second-order valence-electron chi connectivity index (χ2n) is 2.58. The summed E-state index contributed by atoms with van der Waals surface area (Å²) in [7, 11) is 0. The largest absolute Gasteiger partial charge is 0.349 e. The normalized spacial score (nSPS) is 15.7. The lowest BCUT2D eigenvalue weighted by Gasteiger charge is -2.16. The lowest BCUT2D eigenvalue weighted by Crippen LogP contribution is -2.34. The molecule has 3 nitrogen and oxygen atoms in total. The van der Waals surface area contributed by atoms with E-state index in [1.54, 1.807) is 0 Å². The number of aromatic nitrogens is 1. The van der Waals surface area contributed by atoms with Gasteiger partial charge in [-0.1, -0.05) is 0 Å². The molecule has 1 aromatic rings. The third-order valence-corrected chi connectivity index (χ3v) is 3.83. The van der Waals surface area contributed by atoms with Gasteiger partial charge in [-0.2, -0.15) is 0 Å². The molecule has 1 amide bonds. The zero-order valence-electron chi connectivity index (χ0n) is 6.10. The average Bonchev–Trinajstić information content (AvgIpc) is 2.32. The first-order valence-electron chi connectivity index (χ1n) is 3.53. The van der Waals surface area contributed by atoms with Gasteiger partial charge in [0.25, 0.3) is 5.91 Å². The number of amides is 1. The Morgan fingerprint density at radius 1 is 1.50 bits per heavy atom. The summed E-state index contributed by atoms with van der Waals surface area (Å²) in [6.07, 6.45) is 0. The molecular formula is C7H6Br2N2O. The fourth-order valence-electron chi connectivity index (χ4n) is 1.27. The number of nitrogens with zero attached hydrogens (tertiary/aromatic N) is 1. The molecule has 0 atom stereocenters. The Kier molecular flexibility index (Phi) is 2.00. The predicted molar refractivity (Wildman–Crippen MR) is 52.2 cm³/mol. The van der Waals surface area contributed by atoms with Crippen LogP contribution in [-0.4, -0.2) is 17.0 Å². The predicted octanol–water partition coefficient (Wildman–Crippen LogP) is 1.76. The van der Waals surface area contributed by atoms with Crippen LogP contribution in [0.1, 0.15) is 10.5 Å². The maximum absolute atomic E-state index is 11.3. The Morgan fingerprint density at radius 3 is 2.92 bits per heavy atom. The van der Waals surface area contributed by atoms with Crippen molar-refractivity contribution >= 4 is 37.8 Å². The van der Waals surface area contributed by atoms with Crippen molar-refractivity contribution < 1.29 is 4.79 Å². The highest BCUT2D eigenvalue weighted by Gasteiger charge is 2.20. The van der Waals surface area contributed by atoms with E-state index in [-0.39, 0.29) is 5.91 Å². The first kappa shape index (κ1) is 8.31. The van der Waals surface area contributed by atoms with Gasteiger partial charge in [-0.3, -0.25) is 4.79 Å². The minimum absolute atomic E-state index is 0.00681. The molecule has 1 N–H and O–H groups in total. The minimum atomic E-state index is -0.00681. The molecular weight excluding hydrogens is 288 g/mol. The number of nitrogens with one attached hydrogen (secondary N) is 1. The Hall–Kier alpha value is -0.290. The Morgan fingerprint density at radius 2 is 2.25 bits per heavy atom. The molecule has 0 aliphatic carbocycles. The highest BCUT2D eigenvalue weighted by atomic mass is 79.9. The molecule has 12 heavy (non-hydrogen) atoms. The molecule has 0 radical (unpaired) electrons. The second kappa shape index (κ2) is 2.88. The molecule has 64 valence electrons. The molecule has 2 rings (SSSR count). The Balaban J connectivity index is 2.60. The summed E-state index contributed by atoms with van der Waals surface area (Å²) in [4.78, 5) is 11.3. The summed E-state index contributed by atoms with van der Waals surface area (Å²) in [6.45, 7) is 1.53. The van der Waals surface area contributed by atoms with Crippen LogP contribution < -0.4 is 5.32 Å². The van der Waals surface area contributed by atoms with Gasteiger partial charge >= 0.3 is 0 Å². The number of hydrogen-bond acceptors (Lipinski definition) is 1. The summed E-state index contributed by atoms with van der Waals surface area (Å²) in [6, 6.07) is 1.82. The van der Waals surface area contributed by atoms with Crippen LogP contribution in [0.4, 0.5) is 0 Å². The van der Waals surface area contributed by atoms with Crippen molar-refractivity contribution in [1.82, 2.24) is 9.88 Å². The van der Waals surface area contributed by atoms with Crippen molar-refractivity contribution in [3.05, 3.63) is 20.8 Å². The van der Waals surface area contributed by atoms with E-state index in [4.69, 9.17) is 0 Å². The molecule has 0 aromatic carbocycles. The molecule has 1 aliphatic rings. The third kappa shape index (κ3) is 1.11. The number of rotatable bonds is 0. The van der Waals surface area contributed by atoms with Crippen molar-refractivity contribution in [3.63, 3.8) is 0 Å². The molecule has 1 aromatic heterocycles. The first-order valence-corrected chi connectivity index (χ1v) is 5.11. The van der Waals surface area contributed by atoms with Crippen LogP contribution in [0.5, 0.6) is 0 Å². The van der Waals surface area contributed by atoms with E-state index in [1.165, 1.54) is 0 Å². The lowest BCUT2D eigenvalue weighted by molar-refractivity contribution is 0.0927. The summed E-state index contributed by atoms with van der Waals surface area (Å²) in [5.41, 5.74) is 0.708. The van der Waals surface area contributed by atoms with Gasteiger partial charge in [0.2, 0.25) is 0 Å². The molecule has 5 heteroatoms. The summed E-state index contributed by atoms with van der Waals surface area (Å²) in [5, 5.41) is 2.78. The second-order valence-corrected chi connectivity index (χ2v) is 4.18. The molecule has 2 heterocycles. The van der Waals surface area contributed by atoms with Gasteiger partial charge in [0.05, 0.1) is 9.08 Å². The van der Waals surface area contributed by atoms with E-state index >= 15 is 0 Å². The van der Waals surface area contributed by atoms with Crippen LogP contribution in [-0.2, 0) is 6.54 Å². The van der Waals surface area contributed by atoms with Crippen molar-refractivity contribution in [2.75, 3.05) is 6.54 Å². The fraction of sp³-hybridized carbons (Fsp3) is 0.286. The van der Waals surface area contributed by atoms with Gasteiger partial charge in [0.1, 0.15) is 5.69 Å². The highest BCUT2D eigenvalue weighted by molar-refractivity contribution is 9.13. The number of halogens is 2. The van der Waals surface area contributed by atoms with E-state index in [1.807, 2.05) is 10.6 Å². The summed E-state index contributed by atoms with van der Waals surface area (Å²) < 4.78 is 3.81. The number of fused-ring (bicyclic) bond motifs is 1. The van der Waals surface area contributed by atoms with E-state index in [0.29, 0.717) is 12.2 Å². The molecule has 0 unspecified atom stereocenters. The highest BCUT2D eigenvalue weighted by Crippen LogP contribution is 2.28. The van der Waals surface area contributed by atoms with Crippen molar-refractivity contribution in [1.29, 1.82) is 0 Å². The van der Waals surface area contributed by atoms with Gasteiger partial charge in [0.15, 0.2) is 0 Å². The lowest BCUT2D eigenvalue weighted by atomic mass is 10.3. The van der Waals surface area contributed by atoms with Gasteiger partial charge in [-0.25, -0.2) is 0 Å². The van der Waals surface area contributed by atoms with Crippen LogP contribution in [0, 0.1) is 0 Å². The zero-order valence-corrected chi connectivity index (χ0v) is 9.27. The zero-order chi connectivity index (χ0) is 8.72. The van der Waals surface area contributed by atoms with Gasteiger partial charge in [-0.15, -0.1) is 0 Å². The topological polar surface area (TPSA) is 34.0 Å². The fourth-order valence-corrected chi connectivity index (χ4v) is 2.18.